The summed E-state index contributed by atoms with van der Waals surface area (Å²) < 4.78 is 2.01. The van der Waals surface area contributed by atoms with E-state index >= 15 is 0 Å². The van der Waals surface area contributed by atoms with Gasteiger partial charge >= 0.3 is 0 Å². The molecule has 1 amide bonds. The fraction of sp³-hybridized carbons (Fsp3) is 0.471. The zero-order valence-corrected chi connectivity index (χ0v) is 13.0. The quantitative estimate of drug-likeness (QED) is 0.858. The minimum absolute atomic E-state index is 0.0306. The third-order valence-electron chi connectivity index (χ3n) is 4.38. The predicted molar refractivity (Wildman–Crippen MR) is 85.2 cm³/mol. The van der Waals surface area contributed by atoms with Gasteiger partial charge in [0.25, 0.3) is 0 Å². The highest BCUT2D eigenvalue weighted by Gasteiger charge is 2.27. The average Bonchev–Trinajstić information content (AvgIpc) is 2.81. The summed E-state index contributed by atoms with van der Waals surface area (Å²) in [5, 5.41) is 13.7. The molecule has 114 valence electrons. The summed E-state index contributed by atoms with van der Waals surface area (Å²) in [6.45, 7) is 6.22. The molecule has 0 aliphatic rings. The molecule has 1 heterocycles. The van der Waals surface area contributed by atoms with Crippen LogP contribution in [-0.4, -0.2) is 27.7 Å². The lowest BCUT2D eigenvalue weighted by Crippen LogP contribution is -2.51. The van der Waals surface area contributed by atoms with E-state index in [0.717, 1.165) is 29.4 Å². The Labute approximate surface area is 125 Å². The molecule has 4 heteroatoms. The second-order valence-corrected chi connectivity index (χ2v) is 5.62. The Morgan fingerprint density at radius 2 is 1.95 bits per heavy atom. The summed E-state index contributed by atoms with van der Waals surface area (Å²) in [7, 11) is 0. The number of aliphatic hydroxyl groups is 1. The number of nitrogens with one attached hydrogen (secondary N) is 1. The van der Waals surface area contributed by atoms with Gasteiger partial charge in [-0.05, 0) is 37.3 Å². The average molecular weight is 288 g/mol. The molecule has 0 spiro atoms. The number of carbonyl (C=O) groups is 1. The van der Waals surface area contributed by atoms with Crippen molar-refractivity contribution in [2.45, 2.75) is 45.7 Å². The lowest BCUT2D eigenvalue weighted by atomic mass is 9.94. The van der Waals surface area contributed by atoms with E-state index in [1.807, 2.05) is 49.6 Å². The molecule has 0 unspecified atom stereocenters. The maximum atomic E-state index is 12.4. The van der Waals surface area contributed by atoms with E-state index in [0.29, 0.717) is 0 Å². The van der Waals surface area contributed by atoms with Crippen molar-refractivity contribution in [1.82, 2.24) is 9.88 Å². The fourth-order valence-electron chi connectivity index (χ4n) is 2.73. The van der Waals surface area contributed by atoms with E-state index in [9.17, 15) is 9.90 Å². The van der Waals surface area contributed by atoms with Crippen LogP contribution in [0.2, 0.25) is 0 Å². The van der Waals surface area contributed by atoms with Crippen molar-refractivity contribution in [2.75, 3.05) is 6.61 Å². The lowest BCUT2D eigenvalue weighted by Gasteiger charge is -2.31. The number of fused-ring (bicyclic) bond motifs is 1. The normalized spacial score (nSPS) is 11.8. The molecule has 0 atom stereocenters. The Bertz CT molecular complexity index is 618. The van der Waals surface area contributed by atoms with Crippen molar-refractivity contribution in [3.63, 3.8) is 0 Å². The number of rotatable bonds is 6. The highest BCUT2D eigenvalue weighted by atomic mass is 16.3. The number of carbonyl (C=O) groups excluding carboxylic acids is 1. The van der Waals surface area contributed by atoms with E-state index < -0.39 is 5.54 Å². The van der Waals surface area contributed by atoms with E-state index in [4.69, 9.17) is 0 Å². The second kappa shape index (κ2) is 6.31. The van der Waals surface area contributed by atoms with Crippen LogP contribution >= 0.6 is 0 Å². The van der Waals surface area contributed by atoms with Gasteiger partial charge in [0.1, 0.15) is 6.54 Å². The van der Waals surface area contributed by atoms with Gasteiger partial charge in [-0.3, -0.25) is 4.79 Å². The minimum Gasteiger partial charge on any atom is -0.394 e. The van der Waals surface area contributed by atoms with Crippen LogP contribution in [0.3, 0.4) is 0 Å². The van der Waals surface area contributed by atoms with Crippen LogP contribution in [0.1, 0.15) is 32.4 Å². The summed E-state index contributed by atoms with van der Waals surface area (Å²) >= 11 is 0. The van der Waals surface area contributed by atoms with Crippen molar-refractivity contribution in [1.29, 1.82) is 0 Å². The van der Waals surface area contributed by atoms with Crippen LogP contribution < -0.4 is 5.32 Å². The highest BCUT2D eigenvalue weighted by Crippen LogP contribution is 2.19. The molecule has 0 aliphatic carbocycles. The Morgan fingerprint density at radius 3 is 2.57 bits per heavy atom. The van der Waals surface area contributed by atoms with Crippen molar-refractivity contribution in [3.8, 4) is 0 Å². The Kier molecular flexibility index (Phi) is 4.68. The molecule has 0 bridgehead atoms. The van der Waals surface area contributed by atoms with Crippen molar-refractivity contribution >= 4 is 16.8 Å². The van der Waals surface area contributed by atoms with E-state index in [2.05, 4.69) is 11.4 Å². The van der Waals surface area contributed by atoms with Crippen molar-refractivity contribution < 1.29 is 9.90 Å². The van der Waals surface area contributed by atoms with Crippen LogP contribution in [0.15, 0.2) is 30.3 Å². The van der Waals surface area contributed by atoms with Gasteiger partial charge in [-0.1, -0.05) is 32.0 Å². The maximum absolute atomic E-state index is 12.4. The first-order valence-corrected chi connectivity index (χ1v) is 7.52. The predicted octanol–water partition coefficient (Wildman–Crippen LogP) is 2.62. The summed E-state index contributed by atoms with van der Waals surface area (Å²) in [6.07, 6.45) is 1.44. The van der Waals surface area contributed by atoms with Crippen molar-refractivity contribution in [3.05, 3.63) is 36.0 Å². The van der Waals surface area contributed by atoms with Gasteiger partial charge in [0, 0.05) is 11.2 Å². The summed E-state index contributed by atoms with van der Waals surface area (Å²) in [4.78, 5) is 12.4. The highest BCUT2D eigenvalue weighted by molar-refractivity contribution is 5.84. The zero-order valence-electron chi connectivity index (χ0n) is 13.0. The number of benzene rings is 1. The number of hydrogen-bond acceptors (Lipinski definition) is 2. The molecular formula is C17H24N2O2. The van der Waals surface area contributed by atoms with Gasteiger partial charge in [-0.15, -0.1) is 0 Å². The molecular weight excluding hydrogens is 264 g/mol. The molecule has 4 nitrogen and oxygen atoms in total. The molecule has 0 fully saturated rings. The standard InChI is InChI=1S/C17H24N2O2/c1-4-17(5-2,12-20)18-16(21)11-19-13(3)10-14-8-6-7-9-15(14)19/h6-10,20H,4-5,11-12H2,1-3H3,(H,18,21). The molecule has 1 aromatic carbocycles. The first kappa shape index (κ1) is 15.6. The van der Waals surface area contributed by atoms with Crippen LogP contribution in [0, 0.1) is 6.92 Å². The Hall–Kier alpha value is -1.81. The molecule has 0 radical (unpaired) electrons. The van der Waals surface area contributed by atoms with Crippen LogP contribution in [-0.2, 0) is 11.3 Å². The molecule has 2 N–H and O–H groups in total. The molecule has 2 rings (SSSR count). The van der Waals surface area contributed by atoms with E-state index in [-0.39, 0.29) is 19.1 Å². The largest absolute Gasteiger partial charge is 0.394 e. The van der Waals surface area contributed by atoms with E-state index in [1.54, 1.807) is 0 Å². The van der Waals surface area contributed by atoms with E-state index in [1.165, 1.54) is 0 Å². The molecule has 0 saturated heterocycles. The fourth-order valence-corrected chi connectivity index (χ4v) is 2.73. The number of amides is 1. The topological polar surface area (TPSA) is 54.3 Å². The Morgan fingerprint density at radius 1 is 1.29 bits per heavy atom. The Balaban J connectivity index is 2.20. The first-order chi connectivity index (χ1) is 10.0. The number of aliphatic hydroxyl groups excluding tert-OH is 1. The van der Waals surface area contributed by atoms with Gasteiger partial charge in [-0.25, -0.2) is 0 Å². The van der Waals surface area contributed by atoms with Gasteiger partial charge in [-0.2, -0.15) is 0 Å². The van der Waals surface area contributed by atoms with Crippen LogP contribution in [0.4, 0.5) is 0 Å². The SMILES string of the molecule is CCC(CC)(CO)NC(=O)Cn1c(C)cc2ccccc21. The third kappa shape index (κ3) is 3.10. The lowest BCUT2D eigenvalue weighted by molar-refractivity contribution is -0.124. The van der Waals surface area contributed by atoms with Crippen molar-refractivity contribution in [2.24, 2.45) is 0 Å². The molecule has 2 aromatic rings. The zero-order chi connectivity index (χ0) is 15.5. The molecule has 0 aliphatic heterocycles. The number of nitrogens with zero attached hydrogens (tertiary/aromatic N) is 1. The monoisotopic (exact) mass is 288 g/mol. The third-order valence-corrected chi connectivity index (χ3v) is 4.38. The summed E-state index contributed by atoms with van der Waals surface area (Å²) in [5.74, 6) is -0.0581. The number of aryl methyl sites for hydroxylation is 1. The molecule has 0 saturated carbocycles. The summed E-state index contributed by atoms with van der Waals surface area (Å²) in [6, 6.07) is 10.1. The van der Waals surface area contributed by atoms with Gasteiger partial charge in [0.15, 0.2) is 0 Å². The summed E-state index contributed by atoms with van der Waals surface area (Å²) in [5.41, 5.74) is 1.62. The van der Waals surface area contributed by atoms with Crippen LogP contribution in [0.5, 0.6) is 0 Å². The van der Waals surface area contributed by atoms with Gasteiger partial charge in [0.2, 0.25) is 5.91 Å². The van der Waals surface area contributed by atoms with Gasteiger partial charge < -0.3 is 15.0 Å². The minimum atomic E-state index is -0.506. The first-order valence-electron chi connectivity index (χ1n) is 7.52. The van der Waals surface area contributed by atoms with Gasteiger partial charge in [0.05, 0.1) is 12.1 Å². The molecule has 1 aromatic heterocycles. The maximum Gasteiger partial charge on any atom is 0.240 e. The number of aromatic nitrogens is 1. The number of hydrogen-bond donors (Lipinski definition) is 2. The second-order valence-electron chi connectivity index (χ2n) is 5.62. The number of para-hydroxylation sites is 1. The molecule has 21 heavy (non-hydrogen) atoms. The smallest absolute Gasteiger partial charge is 0.240 e. The van der Waals surface area contributed by atoms with Crippen LogP contribution in [0.25, 0.3) is 10.9 Å².